The van der Waals surface area contributed by atoms with Crippen LogP contribution >= 0.6 is 0 Å². The highest BCUT2D eigenvalue weighted by atomic mass is 16.5. The molecule has 1 aromatic rings. The van der Waals surface area contributed by atoms with Crippen molar-refractivity contribution in [3.63, 3.8) is 0 Å². The van der Waals surface area contributed by atoms with E-state index in [-0.39, 0.29) is 28.3 Å². The quantitative estimate of drug-likeness (QED) is 0.688. The summed E-state index contributed by atoms with van der Waals surface area (Å²) >= 11 is 0. The van der Waals surface area contributed by atoms with Gasteiger partial charge in [0.2, 0.25) is 5.91 Å². The Morgan fingerprint density at radius 3 is 2.37 bits per heavy atom. The van der Waals surface area contributed by atoms with Crippen molar-refractivity contribution in [3.8, 4) is 0 Å². The van der Waals surface area contributed by atoms with Gasteiger partial charge < -0.3 is 15.0 Å². The van der Waals surface area contributed by atoms with Crippen LogP contribution in [0.5, 0.6) is 0 Å². The summed E-state index contributed by atoms with van der Waals surface area (Å²) in [6, 6.07) is 4.79. The number of likely N-dealkylation sites (tertiary alicyclic amines) is 1. The molecule has 0 saturated carbocycles. The number of hydrogen-bond donors (Lipinski definition) is 0. The van der Waals surface area contributed by atoms with E-state index in [4.69, 9.17) is 4.74 Å². The standard InChI is InChI=1S/C22H23N2O6/c25-15(12-23-9-7-22(8-10-23)6-3-11-30-22)18-16-17(21(28)24(18)29)20(27)14-5-2-1-4-13(14)19(16)26/h1-2,4-5,16-18H,3,6-12H2/q-1. The summed E-state index contributed by atoms with van der Waals surface area (Å²) in [5, 5.41) is 12.7. The molecule has 3 unspecified atom stereocenters. The lowest BCUT2D eigenvalue weighted by atomic mass is 9.72. The molecule has 0 N–H and O–H groups in total. The number of rotatable bonds is 3. The SMILES string of the molecule is O=C1c2ccccc2C(=O)C2C1C(=O)N([O-])C2C(=O)CN1CCC2(CCCO2)CC1. The first-order chi connectivity index (χ1) is 14.4. The smallest absolute Gasteiger partial charge is 0.224 e. The van der Waals surface area contributed by atoms with Crippen molar-refractivity contribution in [2.24, 2.45) is 11.8 Å². The first-order valence-electron chi connectivity index (χ1n) is 10.5. The summed E-state index contributed by atoms with van der Waals surface area (Å²) in [5.74, 6) is -5.11. The average Bonchev–Trinajstić information content (AvgIpc) is 3.31. The van der Waals surface area contributed by atoms with Crippen LogP contribution in [0.25, 0.3) is 0 Å². The fraction of sp³-hybridized carbons (Fsp3) is 0.545. The summed E-state index contributed by atoms with van der Waals surface area (Å²) in [4.78, 5) is 53.4. The van der Waals surface area contributed by atoms with Crippen molar-refractivity contribution >= 4 is 23.3 Å². The van der Waals surface area contributed by atoms with Gasteiger partial charge in [-0.1, -0.05) is 24.3 Å². The molecular weight excluding hydrogens is 388 g/mol. The molecule has 8 nitrogen and oxygen atoms in total. The minimum atomic E-state index is -1.44. The number of fused-ring (bicyclic) bond motifs is 2. The number of carbonyl (C=O) groups excluding carboxylic acids is 4. The maximum Gasteiger partial charge on any atom is 0.224 e. The first-order valence-corrected chi connectivity index (χ1v) is 10.5. The molecule has 30 heavy (non-hydrogen) atoms. The number of piperidine rings is 1. The normalized spacial score (nSPS) is 30.6. The second kappa shape index (κ2) is 7.08. The fourth-order valence-electron chi connectivity index (χ4n) is 5.50. The van der Waals surface area contributed by atoms with Gasteiger partial charge in [0.05, 0.1) is 24.1 Å². The highest BCUT2D eigenvalue weighted by Gasteiger charge is 2.57. The minimum absolute atomic E-state index is 0.0148. The van der Waals surface area contributed by atoms with Crippen molar-refractivity contribution < 1.29 is 23.9 Å². The Bertz CT molecular complexity index is 927. The molecule has 3 saturated heterocycles. The number of ketones is 3. The third-order valence-electron chi connectivity index (χ3n) is 7.14. The van der Waals surface area contributed by atoms with Gasteiger partial charge in [-0.25, -0.2) is 0 Å². The molecule has 0 aromatic heterocycles. The molecule has 0 bridgehead atoms. The Labute approximate surface area is 173 Å². The Balaban J connectivity index is 1.35. The van der Waals surface area contributed by atoms with Crippen molar-refractivity contribution in [2.75, 3.05) is 26.2 Å². The lowest BCUT2D eigenvalue weighted by Crippen LogP contribution is -2.50. The van der Waals surface area contributed by atoms with Gasteiger partial charge in [-0.05, 0) is 25.7 Å². The van der Waals surface area contributed by atoms with Crippen LogP contribution in [0.2, 0.25) is 0 Å². The van der Waals surface area contributed by atoms with Gasteiger partial charge in [0.25, 0.3) is 0 Å². The number of Topliss-reactive ketones (excluding diaryl/α,β-unsaturated/α-hetero) is 3. The van der Waals surface area contributed by atoms with Crippen molar-refractivity contribution in [1.29, 1.82) is 0 Å². The molecular formula is C22H23N2O6-. The lowest BCUT2D eigenvalue weighted by molar-refractivity contribution is -0.133. The molecule has 1 aromatic carbocycles. The number of ether oxygens (including phenoxy) is 1. The van der Waals surface area contributed by atoms with Crippen LogP contribution in [0.1, 0.15) is 46.4 Å². The Morgan fingerprint density at radius 2 is 1.73 bits per heavy atom. The summed E-state index contributed by atoms with van der Waals surface area (Å²) < 4.78 is 5.90. The maximum atomic E-state index is 13.1. The number of carbonyl (C=O) groups is 4. The predicted molar refractivity (Wildman–Crippen MR) is 105 cm³/mol. The zero-order valence-corrected chi connectivity index (χ0v) is 16.5. The monoisotopic (exact) mass is 411 g/mol. The summed E-state index contributed by atoms with van der Waals surface area (Å²) in [6.45, 7) is 2.08. The molecule has 5 rings (SSSR count). The van der Waals surface area contributed by atoms with Crippen LogP contribution in [0, 0.1) is 17.0 Å². The van der Waals surface area contributed by atoms with E-state index >= 15 is 0 Å². The minimum Gasteiger partial charge on any atom is -0.756 e. The van der Waals surface area contributed by atoms with Crippen molar-refractivity contribution in [2.45, 2.75) is 37.3 Å². The van der Waals surface area contributed by atoms with E-state index in [1.165, 1.54) is 12.1 Å². The van der Waals surface area contributed by atoms with E-state index in [9.17, 15) is 24.4 Å². The van der Waals surface area contributed by atoms with Crippen LogP contribution in [-0.4, -0.2) is 71.1 Å². The predicted octanol–water partition coefficient (Wildman–Crippen LogP) is 1.22. The van der Waals surface area contributed by atoms with E-state index < -0.39 is 41.1 Å². The Hall–Kier alpha value is -2.42. The molecule has 8 heteroatoms. The first kappa shape index (κ1) is 19.5. The topological polar surface area (TPSA) is 107 Å². The summed E-state index contributed by atoms with van der Waals surface area (Å²) in [6.07, 6.45) is 3.72. The molecule has 3 heterocycles. The van der Waals surface area contributed by atoms with Gasteiger partial charge in [-0.2, -0.15) is 0 Å². The van der Waals surface area contributed by atoms with Crippen LogP contribution in [0.3, 0.4) is 0 Å². The van der Waals surface area contributed by atoms with Gasteiger partial charge in [0.1, 0.15) is 5.92 Å². The van der Waals surface area contributed by atoms with Crippen molar-refractivity contribution in [1.82, 2.24) is 9.96 Å². The van der Waals surface area contributed by atoms with Crippen LogP contribution in [0.4, 0.5) is 0 Å². The number of hydrogen-bond acceptors (Lipinski definition) is 7. The van der Waals surface area contributed by atoms with Crippen LogP contribution in [0.15, 0.2) is 24.3 Å². The highest BCUT2D eigenvalue weighted by Crippen LogP contribution is 2.41. The van der Waals surface area contributed by atoms with E-state index in [0.29, 0.717) is 13.1 Å². The lowest BCUT2D eigenvalue weighted by Gasteiger charge is -2.39. The zero-order valence-electron chi connectivity index (χ0n) is 16.5. The van der Waals surface area contributed by atoms with Gasteiger partial charge in [-0.15, -0.1) is 0 Å². The third kappa shape index (κ3) is 2.85. The molecule has 3 fully saturated rings. The van der Waals surface area contributed by atoms with Crippen LogP contribution in [-0.2, 0) is 14.3 Å². The number of hydroxylamine groups is 2. The molecule has 4 aliphatic rings. The second-order valence-corrected chi connectivity index (χ2v) is 8.76. The van der Waals surface area contributed by atoms with Gasteiger partial charge >= 0.3 is 0 Å². The summed E-state index contributed by atoms with van der Waals surface area (Å²) in [7, 11) is 0. The fourth-order valence-corrected chi connectivity index (χ4v) is 5.50. The number of benzene rings is 1. The van der Waals surface area contributed by atoms with Crippen LogP contribution < -0.4 is 0 Å². The Morgan fingerprint density at radius 1 is 1.07 bits per heavy atom. The van der Waals surface area contributed by atoms with Crippen molar-refractivity contribution in [3.05, 3.63) is 40.6 Å². The molecule has 0 radical (unpaired) electrons. The zero-order chi connectivity index (χ0) is 21.0. The van der Waals surface area contributed by atoms with Gasteiger partial charge in [-0.3, -0.25) is 24.1 Å². The molecule has 1 amide bonds. The maximum absolute atomic E-state index is 13.1. The number of nitrogens with zero attached hydrogens (tertiary/aromatic N) is 2. The highest BCUT2D eigenvalue weighted by molar-refractivity contribution is 6.25. The summed E-state index contributed by atoms with van der Waals surface area (Å²) in [5.41, 5.74) is 0.244. The molecule has 158 valence electrons. The van der Waals surface area contributed by atoms with E-state index in [2.05, 4.69) is 0 Å². The largest absolute Gasteiger partial charge is 0.756 e. The Kier molecular flexibility index (Phi) is 4.61. The molecule has 1 aliphatic carbocycles. The average molecular weight is 411 g/mol. The van der Waals surface area contributed by atoms with E-state index in [0.717, 1.165) is 32.3 Å². The second-order valence-electron chi connectivity index (χ2n) is 8.76. The molecule has 1 spiro atoms. The third-order valence-corrected chi connectivity index (χ3v) is 7.14. The van der Waals surface area contributed by atoms with E-state index in [1.807, 2.05) is 4.90 Å². The van der Waals surface area contributed by atoms with Gasteiger partial charge in [0.15, 0.2) is 17.3 Å². The molecule has 3 aliphatic heterocycles. The number of amides is 1. The van der Waals surface area contributed by atoms with E-state index in [1.54, 1.807) is 12.1 Å². The van der Waals surface area contributed by atoms with Gasteiger partial charge in [0, 0.05) is 30.8 Å². The molecule has 3 atom stereocenters.